The van der Waals surface area contributed by atoms with Crippen LogP contribution in [0.3, 0.4) is 0 Å². The van der Waals surface area contributed by atoms with Gasteiger partial charge in [-0.3, -0.25) is 0 Å². The molecule has 0 radical (unpaired) electrons. The molecule has 1 atom stereocenters. The Bertz CT molecular complexity index is 186. The fourth-order valence-electron chi connectivity index (χ4n) is 0.600. The average molecular weight is 161 g/mol. The van der Waals surface area contributed by atoms with E-state index in [4.69, 9.17) is 11.6 Å². The molecule has 10 heavy (non-hydrogen) atoms. The maximum absolute atomic E-state index is 5.64. The second-order valence-electron chi connectivity index (χ2n) is 1.99. The number of nitrogens with one attached hydrogen (secondary N) is 2. The van der Waals surface area contributed by atoms with E-state index in [0.29, 0.717) is 11.1 Å². The zero-order valence-corrected chi connectivity index (χ0v) is 6.61. The molecule has 5 heteroatoms. The van der Waals surface area contributed by atoms with Crippen molar-refractivity contribution >= 4 is 22.7 Å². The Balaban J connectivity index is 2.68. The molecule has 1 rings (SSSR count). The summed E-state index contributed by atoms with van der Waals surface area (Å²) in [7, 11) is 1.77. The molecule has 0 spiro atoms. The molecule has 0 aliphatic carbocycles. The van der Waals surface area contributed by atoms with Crippen LogP contribution in [0.5, 0.6) is 0 Å². The Morgan fingerprint density at radius 1 is 1.60 bits per heavy atom. The largest absolute Gasteiger partial charge is 0.358 e. The van der Waals surface area contributed by atoms with Crippen molar-refractivity contribution in [2.45, 2.75) is 13.0 Å². The Labute approximate surface area is 64.4 Å². The van der Waals surface area contributed by atoms with E-state index in [1.54, 1.807) is 7.05 Å². The predicted octanol–water partition coefficient (Wildman–Crippen LogP) is 0.106. The zero-order valence-electron chi connectivity index (χ0n) is 5.85. The molecule has 0 amide bonds. The minimum Gasteiger partial charge on any atom is -0.358 e. The van der Waals surface area contributed by atoms with Crippen LogP contribution in [-0.2, 0) is 0 Å². The van der Waals surface area contributed by atoms with Crippen molar-refractivity contribution in [3.05, 3.63) is 0 Å². The highest BCUT2D eigenvalue weighted by atomic mass is 35.5. The molecule has 0 bridgehead atoms. The summed E-state index contributed by atoms with van der Waals surface area (Å²) in [5.74, 6) is 0.650. The summed E-state index contributed by atoms with van der Waals surface area (Å²) >= 11 is 5.64. The quantitative estimate of drug-likeness (QED) is 0.529. The Morgan fingerprint density at radius 3 is 2.80 bits per heavy atom. The molecule has 56 valence electrons. The molecular weight excluding hydrogens is 152 g/mol. The van der Waals surface area contributed by atoms with Crippen LogP contribution in [0.1, 0.15) is 6.92 Å². The van der Waals surface area contributed by atoms with Crippen molar-refractivity contribution in [3.8, 4) is 0 Å². The van der Waals surface area contributed by atoms with Crippen molar-refractivity contribution in [3.63, 3.8) is 0 Å². The van der Waals surface area contributed by atoms with E-state index in [1.807, 2.05) is 6.92 Å². The number of hydrogen-bond acceptors (Lipinski definition) is 4. The molecule has 0 saturated heterocycles. The second kappa shape index (κ2) is 2.88. The molecule has 2 N–H and O–H groups in total. The van der Waals surface area contributed by atoms with E-state index in [2.05, 4.69) is 20.8 Å². The summed E-state index contributed by atoms with van der Waals surface area (Å²) < 4.78 is 0. The zero-order chi connectivity index (χ0) is 7.56. The standard InChI is InChI=1S/C5H9ClN4/c1-3-4(6)9-10-5(7-2)8-3/h3H,1-2H3,(H2,7,8,10). The average Bonchev–Trinajstić information content (AvgIpc) is 1.95. The lowest BCUT2D eigenvalue weighted by molar-refractivity contribution is 0.790. The van der Waals surface area contributed by atoms with Crippen molar-refractivity contribution in [1.29, 1.82) is 0 Å². The summed E-state index contributed by atoms with van der Waals surface area (Å²) in [5.41, 5.74) is 0. The summed E-state index contributed by atoms with van der Waals surface area (Å²) in [6, 6.07) is 0.0571. The maximum Gasteiger partial charge on any atom is 0.216 e. The molecular formula is C5H9ClN4. The molecule has 0 saturated carbocycles. The Kier molecular flexibility index (Phi) is 2.11. The number of halogens is 1. The van der Waals surface area contributed by atoms with E-state index < -0.39 is 0 Å². The van der Waals surface area contributed by atoms with E-state index >= 15 is 0 Å². The third kappa shape index (κ3) is 1.39. The van der Waals surface area contributed by atoms with Gasteiger partial charge in [-0.25, -0.2) is 0 Å². The van der Waals surface area contributed by atoms with Crippen LogP contribution in [-0.4, -0.2) is 24.2 Å². The van der Waals surface area contributed by atoms with Crippen LogP contribution >= 0.6 is 11.6 Å². The van der Waals surface area contributed by atoms with Crippen molar-refractivity contribution in [1.82, 2.24) is 10.6 Å². The third-order valence-electron chi connectivity index (χ3n) is 1.19. The van der Waals surface area contributed by atoms with E-state index in [-0.39, 0.29) is 6.04 Å². The monoisotopic (exact) mass is 160 g/mol. The molecule has 1 heterocycles. The molecule has 1 aliphatic heterocycles. The third-order valence-corrected chi connectivity index (χ3v) is 1.60. The van der Waals surface area contributed by atoms with Gasteiger partial charge in [-0.1, -0.05) is 11.6 Å². The fraction of sp³-hybridized carbons (Fsp3) is 0.600. The van der Waals surface area contributed by atoms with Crippen LogP contribution in [0, 0.1) is 0 Å². The van der Waals surface area contributed by atoms with Gasteiger partial charge in [-0.05, 0) is 6.92 Å². The predicted molar refractivity (Wildman–Crippen MR) is 42.4 cm³/mol. The van der Waals surface area contributed by atoms with Crippen LogP contribution in [0.15, 0.2) is 10.2 Å². The van der Waals surface area contributed by atoms with Crippen LogP contribution in [0.25, 0.3) is 0 Å². The van der Waals surface area contributed by atoms with E-state index in [9.17, 15) is 0 Å². The van der Waals surface area contributed by atoms with Crippen molar-refractivity contribution in [2.24, 2.45) is 10.2 Å². The summed E-state index contributed by atoms with van der Waals surface area (Å²) in [5, 5.41) is 13.7. The molecule has 4 nitrogen and oxygen atoms in total. The molecule has 1 unspecified atom stereocenters. The minimum absolute atomic E-state index is 0.0571. The van der Waals surface area contributed by atoms with Gasteiger partial charge in [-0.2, -0.15) is 0 Å². The summed E-state index contributed by atoms with van der Waals surface area (Å²) in [6.07, 6.45) is 0. The molecule has 0 fully saturated rings. The van der Waals surface area contributed by atoms with E-state index in [1.165, 1.54) is 0 Å². The normalized spacial score (nSPS) is 24.5. The number of guanidine groups is 1. The fourth-order valence-corrected chi connectivity index (χ4v) is 0.692. The summed E-state index contributed by atoms with van der Waals surface area (Å²) in [6.45, 7) is 1.91. The number of nitrogens with zero attached hydrogens (tertiary/aromatic N) is 2. The smallest absolute Gasteiger partial charge is 0.216 e. The second-order valence-corrected chi connectivity index (χ2v) is 2.37. The topological polar surface area (TPSA) is 48.8 Å². The first-order valence-corrected chi connectivity index (χ1v) is 3.37. The highest BCUT2D eigenvalue weighted by Gasteiger charge is 2.13. The summed E-state index contributed by atoms with van der Waals surface area (Å²) in [4.78, 5) is 0. The van der Waals surface area contributed by atoms with Crippen LogP contribution in [0.4, 0.5) is 0 Å². The number of rotatable bonds is 0. The lowest BCUT2D eigenvalue weighted by atomic mass is 10.4. The lowest BCUT2D eigenvalue weighted by Gasteiger charge is -2.16. The maximum atomic E-state index is 5.64. The van der Waals surface area contributed by atoms with Crippen LogP contribution in [0.2, 0.25) is 0 Å². The van der Waals surface area contributed by atoms with Gasteiger partial charge in [0, 0.05) is 7.05 Å². The van der Waals surface area contributed by atoms with Crippen LogP contribution < -0.4 is 10.6 Å². The minimum atomic E-state index is 0.0571. The first kappa shape index (κ1) is 7.34. The van der Waals surface area contributed by atoms with Gasteiger partial charge in [0.2, 0.25) is 5.96 Å². The molecule has 0 aromatic carbocycles. The van der Waals surface area contributed by atoms with Gasteiger partial charge >= 0.3 is 0 Å². The highest BCUT2D eigenvalue weighted by molar-refractivity contribution is 6.66. The SMILES string of the molecule is CNC1=NN=C(Cl)C(C)N1. The Morgan fingerprint density at radius 2 is 2.30 bits per heavy atom. The van der Waals surface area contributed by atoms with Gasteiger partial charge in [0.1, 0.15) is 0 Å². The van der Waals surface area contributed by atoms with Gasteiger partial charge < -0.3 is 10.6 Å². The lowest BCUT2D eigenvalue weighted by Crippen LogP contribution is -2.45. The molecule has 0 aromatic rings. The Hall–Kier alpha value is -0.770. The first-order valence-electron chi connectivity index (χ1n) is 2.99. The van der Waals surface area contributed by atoms with Crippen molar-refractivity contribution in [2.75, 3.05) is 7.05 Å². The van der Waals surface area contributed by atoms with E-state index in [0.717, 1.165) is 0 Å². The molecule has 1 aliphatic rings. The van der Waals surface area contributed by atoms with Gasteiger partial charge in [0.15, 0.2) is 5.17 Å². The van der Waals surface area contributed by atoms with Gasteiger partial charge in [0.05, 0.1) is 6.04 Å². The van der Waals surface area contributed by atoms with Crippen molar-refractivity contribution < 1.29 is 0 Å². The van der Waals surface area contributed by atoms with Gasteiger partial charge in [-0.15, -0.1) is 10.2 Å². The first-order chi connectivity index (χ1) is 4.74. The molecule has 0 aromatic heterocycles. The number of hydrogen-bond donors (Lipinski definition) is 2. The van der Waals surface area contributed by atoms with Gasteiger partial charge in [0.25, 0.3) is 0 Å². The highest BCUT2D eigenvalue weighted by Crippen LogP contribution is 1.98.